The standard InChI is InChI=1S/C21H15F3N6O3S/c22-21(23,24)13-5-6-17(30-12-25-11-27-30)16(7-13)28-18(31)9-33-20(32)10-34-19-8-26-14-3-1-2-4-15(14)29-19/h1-8,11-12H,9-10H2,(H,28,31). The van der Waals surface area contributed by atoms with Crippen LogP contribution in [0.2, 0.25) is 0 Å². The number of nitrogens with zero attached hydrogens (tertiary/aromatic N) is 5. The van der Waals surface area contributed by atoms with Crippen molar-refractivity contribution in [3.63, 3.8) is 0 Å². The van der Waals surface area contributed by atoms with E-state index in [4.69, 9.17) is 4.74 Å². The van der Waals surface area contributed by atoms with Crippen molar-refractivity contribution < 1.29 is 27.5 Å². The number of fused-ring (bicyclic) bond motifs is 1. The van der Waals surface area contributed by atoms with E-state index < -0.39 is 30.2 Å². The van der Waals surface area contributed by atoms with Crippen LogP contribution >= 0.6 is 11.8 Å². The second kappa shape index (κ2) is 9.87. The molecule has 0 atom stereocenters. The molecule has 0 aliphatic carbocycles. The summed E-state index contributed by atoms with van der Waals surface area (Å²) in [7, 11) is 0. The van der Waals surface area contributed by atoms with Crippen LogP contribution in [0.5, 0.6) is 0 Å². The van der Waals surface area contributed by atoms with Crippen molar-refractivity contribution in [1.29, 1.82) is 0 Å². The minimum Gasteiger partial charge on any atom is -0.455 e. The van der Waals surface area contributed by atoms with Crippen LogP contribution in [0.15, 0.2) is 66.3 Å². The predicted molar refractivity (Wildman–Crippen MR) is 116 cm³/mol. The number of anilines is 1. The predicted octanol–water partition coefficient (Wildman–Crippen LogP) is 3.50. The Morgan fingerprint density at radius 3 is 2.65 bits per heavy atom. The summed E-state index contributed by atoms with van der Waals surface area (Å²) in [6.07, 6.45) is -0.629. The summed E-state index contributed by atoms with van der Waals surface area (Å²) in [4.78, 5) is 36.7. The summed E-state index contributed by atoms with van der Waals surface area (Å²) in [5, 5.41) is 6.69. The number of carbonyl (C=O) groups is 2. The molecule has 0 spiro atoms. The molecule has 0 saturated carbocycles. The molecule has 4 rings (SSSR count). The summed E-state index contributed by atoms with van der Waals surface area (Å²) >= 11 is 1.08. The maximum Gasteiger partial charge on any atom is 0.416 e. The number of hydrogen-bond acceptors (Lipinski definition) is 8. The number of hydrogen-bond donors (Lipinski definition) is 1. The normalized spacial score (nSPS) is 11.4. The highest BCUT2D eigenvalue weighted by atomic mass is 32.2. The quantitative estimate of drug-likeness (QED) is 0.311. The number of alkyl halides is 3. The third-order valence-corrected chi connectivity index (χ3v) is 5.26. The van der Waals surface area contributed by atoms with Gasteiger partial charge >= 0.3 is 12.1 Å². The van der Waals surface area contributed by atoms with Gasteiger partial charge < -0.3 is 10.1 Å². The topological polar surface area (TPSA) is 112 Å². The van der Waals surface area contributed by atoms with Crippen molar-refractivity contribution in [3.05, 3.63) is 66.9 Å². The summed E-state index contributed by atoms with van der Waals surface area (Å²) in [5.74, 6) is -1.64. The summed E-state index contributed by atoms with van der Waals surface area (Å²) < 4.78 is 45.5. The molecule has 0 radical (unpaired) electrons. The van der Waals surface area contributed by atoms with Gasteiger partial charge in [0.25, 0.3) is 5.91 Å². The Morgan fingerprint density at radius 2 is 1.91 bits per heavy atom. The van der Waals surface area contributed by atoms with E-state index in [0.717, 1.165) is 30.0 Å². The van der Waals surface area contributed by atoms with Crippen LogP contribution in [0.4, 0.5) is 18.9 Å². The van der Waals surface area contributed by atoms with E-state index >= 15 is 0 Å². The molecule has 34 heavy (non-hydrogen) atoms. The van der Waals surface area contributed by atoms with Crippen molar-refractivity contribution >= 4 is 40.4 Å². The van der Waals surface area contributed by atoms with Crippen LogP contribution in [-0.2, 0) is 20.5 Å². The first-order valence-corrected chi connectivity index (χ1v) is 10.6. The number of para-hydroxylation sites is 2. The smallest absolute Gasteiger partial charge is 0.416 e. The van der Waals surface area contributed by atoms with Crippen LogP contribution in [0.1, 0.15) is 5.56 Å². The van der Waals surface area contributed by atoms with Crippen LogP contribution in [0, 0.1) is 0 Å². The van der Waals surface area contributed by atoms with Crippen LogP contribution in [0.3, 0.4) is 0 Å². The summed E-state index contributed by atoms with van der Waals surface area (Å²) in [6, 6.07) is 10.0. The first kappa shape index (κ1) is 23.2. The highest BCUT2D eigenvalue weighted by Crippen LogP contribution is 2.33. The Bertz CT molecular complexity index is 1330. The molecule has 0 bridgehead atoms. The van der Waals surface area contributed by atoms with Gasteiger partial charge in [-0.3, -0.25) is 14.6 Å². The number of benzene rings is 2. The largest absolute Gasteiger partial charge is 0.455 e. The van der Waals surface area contributed by atoms with Gasteiger partial charge in [-0.2, -0.15) is 18.3 Å². The fourth-order valence-corrected chi connectivity index (χ4v) is 3.50. The maximum atomic E-state index is 13.1. The Balaban J connectivity index is 1.36. The molecule has 2 aromatic carbocycles. The molecule has 0 saturated heterocycles. The zero-order valence-electron chi connectivity index (χ0n) is 17.2. The number of ether oxygens (including phenoxy) is 1. The van der Waals surface area contributed by atoms with E-state index in [0.29, 0.717) is 16.1 Å². The van der Waals surface area contributed by atoms with E-state index in [1.54, 1.807) is 6.07 Å². The van der Waals surface area contributed by atoms with Gasteiger partial charge in [0.15, 0.2) is 6.61 Å². The molecule has 9 nitrogen and oxygen atoms in total. The number of carbonyl (C=O) groups excluding carboxylic acids is 2. The molecule has 1 amide bonds. The number of esters is 1. The van der Waals surface area contributed by atoms with Crippen molar-refractivity contribution in [1.82, 2.24) is 24.7 Å². The van der Waals surface area contributed by atoms with E-state index in [1.807, 2.05) is 18.2 Å². The highest BCUT2D eigenvalue weighted by molar-refractivity contribution is 7.99. The van der Waals surface area contributed by atoms with Gasteiger partial charge in [0.05, 0.1) is 39.9 Å². The lowest BCUT2D eigenvalue weighted by atomic mass is 10.1. The van der Waals surface area contributed by atoms with E-state index in [2.05, 4.69) is 25.4 Å². The van der Waals surface area contributed by atoms with Gasteiger partial charge in [0, 0.05) is 0 Å². The number of rotatable bonds is 7. The van der Waals surface area contributed by atoms with Gasteiger partial charge in [-0.1, -0.05) is 23.9 Å². The molecule has 13 heteroatoms. The van der Waals surface area contributed by atoms with Crippen LogP contribution < -0.4 is 5.32 Å². The number of thioether (sulfide) groups is 1. The zero-order chi connectivity index (χ0) is 24.1. The fraction of sp³-hybridized carbons (Fsp3) is 0.143. The molecular formula is C21H15F3N6O3S. The Kier molecular flexibility index (Phi) is 6.72. The van der Waals surface area contributed by atoms with Crippen molar-refractivity contribution in [2.45, 2.75) is 11.2 Å². The fourth-order valence-electron chi connectivity index (χ4n) is 2.86. The lowest BCUT2D eigenvalue weighted by molar-refractivity contribution is -0.144. The Labute approximate surface area is 194 Å². The maximum absolute atomic E-state index is 13.1. The molecule has 174 valence electrons. The van der Waals surface area contributed by atoms with E-state index in [-0.39, 0.29) is 17.1 Å². The third kappa shape index (κ3) is 5.67. The molecule has 2 aromatic heterocycles. The number of amides is 1. The average molecular weight is 488 g/mol. The minimum atomic E-state index is -4.62. The highest BCUT2D eigenvalue weighted by Gasteiger charge is 2.31. The van der Waals surface area contributed by atoms with Crippen molar-refractivity contribution in [2.24, 2.45) is 0 Å². The van der Waals surface area contributed by atoms with Crippen molar-refractivity contribution in [3.8, 4) is 5.69 Å². The molecule has 0 fully saturated rings. The van der Waals surface area contributed by atoms with Crippen LogP contribution in [0.25, 0.3) is 16.7 Å². The molecular weight excluding hydrogens is 473 g/mol. The SMILES string of the molecule is O=C(COC(=O)CSc1cnc2ccccc2n1)Nc1cc(C(F)(F)F)ccc1-n1cncn1. The van der Waals surface area contributed by atoms with Gasteiger partial charge in [0.2, 0.25) is 0 Å². The number of aromatic nitrogens is 5. The second-order valence-electron chi connectivity index (χ2n) is 6.76. The van der Waals surface area contributed by atoms with Crippen LogP contribution in [-0.4, -0.2) is 49.0 Å². The van der Waals surface area contributed by atoms with Gasteiger partial charge in [0.1, 0.15) is 17.7 Å². The Hall–Kier alpha value is -4.00. The first-order chi connectivity index (χ1) is 16.3. The van der Waals surface area contributed by atoms with Gasteiger partial charge in [-0.15, -0.1) is 0 Å². The van der Waals surface area contributed by atoms with E-state index in [1.165, 1.54) is 23.5 Å². The lowest BCUT2D eigenvalue weighted by Crippen LogP contribution is -2.23. The molecule has 0 unspecified atom stereocenters. The second-order valence-corrected chi connectivity index (χ2v) is 7.76. The minimum absolute atomic E-state index is 0.131. The molecule has 4 aromatic rings. The zero-order valence-corrected chi connectivity index (χ0v) is 18.0. The number of nitrogens with one attached hydrogen (secondary N) is 1. The molecule has 0 aliphatic rings. The number of halogens is 3. The molecule has 2 heterocycles. The summed E-state index contributed by atoms with van der Waals surface area (Å²) in [5.41, 5.74) is 0.421. The third-order valence-electron chi connectivity index (χ3n) is 4.39. The molecule has 1 N–H and O–H groups in total. The van der Waals surface area contributed by atoms with Gasteiger partial charge in [-0.25, -0.2) is 14.6 Å². The Morgan fingerprint density at radius 1 is 1.12 bits per heavy atom. The molecule has 0 aliphatic heterocycles. The van der Waals surface area contributed by atoms with Crippen molar-refractivity contribution in [2.75, 3.05) is 17.7 Å². The average Bonchev–Trinajstić information content (AvgIpc) is 3.35. The first-order valence-electron chi connectivity index (χ1n) is 9.66. The monoisotopic (exact) mass is 488 g/mol. The van der Waals surface area contributed by atoms with Gasteiger partial charge in [-0.05, 0) is 30.3 Å². The summed E-state index contributed by atoms with van der Waals surface area (Å²) in [6.45, 7) is -0.685. The lowest BCUT2D eigenvalue weighted by Gasteiger charge is -2.14. The van der Waals surface area contributed by atoms with E-state index in [9.17, 15) is 22.8 Å².